The first-order chi connectivity index (χ1) is 16.9. The van der Waals surface area contributed by atoms with Gasteiger partial charge in [0.1, 0.15) is 6.61 Å². The predicted molar refractivity (Wildman–Crippen MR) is 132 cm³/mol. The van der Waals surface area contributed by atoms with Crippen LogP contribution in [0.25, 0.3) is 11.1 Å². The first-order valence-corrected chi connectivity index (χ1v) is 12.3. The molecule has 0 bridgehead atoms. The summed E-state index contributed by atoms with van der Waals surface area (Å²) in [5.74, 6) is -0.732. The van der Waals surface area contributed by atoms with Gasteiger partial charge in [-0.1, -0.05) is 48.5 Å². The molecule has 1 unspecified atom stereocenters. The zero-order chi connectivity index (χ0) is 24.8. The van der Waals surface area contributed by atoms with E-state index in [0.717, 1.165) is 0 Å². The first-order valence-electron chi connectivity index (χ1n) is 12.3. The minimum absolute atomic E-state index is 0.0131. The average Bonchev–Trinajstić information content (AvgIpc) is 3.19. The number of carboxylic acid groups (broad SMARTS) is 1. The van der Waals surface area contributed by atoms with E-state index in [-0.39, 0.29) is 30.9 Å². The molecule has 1 aliphatic carbocycles. The van der Waals surface area contributed by atoms with Crippen molar-refractivity contribution < 1.29 is 24.2 Å². The van der Waals surface area contributed by atoms with Gasteiger partial charge in [0, 0.05) is 51.1 Å². The lowest BCUT2D eigenvalue weighted by Crippen LogP contribution is -2.49. The van der Waals surface area contributed by atoms with Crippen molar-refractivity contribution in [2.45, 2.75) is 38.1 Å². The summed E-state index contributed by atoms with van der Waals surface area (Å²) >= 11 is 0. The zero-order valence-corrected chi connectivity index (χ0v) is 20.1. The van der Waals surface area contributed by atoms with E-state index in [0.29, 0.717) is 45.6 Å². The van der Waals surface area contributed by atoms with Gasteiger partial charge < -0.3 is 20.1 Å². The molecule has 0 saturated carbocycles. The minimum Gasteiger partial charge on any atom is -0.481 e. The van der Waals surface area contributed by atoms with Crippen LogP contribution in [-0.2, 0) is 14.3 Å². The molecule has 2 amide bonds. The van der Waals surface area contributed by atoms with Crippen LogP contribution < -0.4 is 5.32 Å². The summed E-state index contributed by atoms with van der Waals surface area (Å²) in [4.78, 5) is 39.6. The number of hydrogen-bond acceptors (Lipinski definition) is 5. The van der Waals surface area contributed by atoms with Crippen molar-refractivity contribution in [1.82, 2.24) is 15.1 Å². The molecule has 2 N–H and O–H groups in total. The van der Waals surface area contributed by atoms with E-state index >= 15 is 0 Å². The SMILES string of the molecule is CC(CCC(=O)N1CCN(CCC(=O)O)CC1)NC(=O)OCC1c2ccccc2-c2ccccc21. The molecular weight excluding hydrogens is 446 g/mol. The van der Waals surface area contributed by atoms with E-state index in [1.165, 1.54) is 22.3 Å². The molecule has 1 saturated heterocycles. The second-order valence-electron chi connectivity index (χ2n) is 9.28. The standard InChI is InChI=1S/C27H33N3O5/c1-19(10-11-25(31)30-16-14-29(15-17-30)13-12-26(32)33)28-27(34)35-18-24-22-8-4-2-6-20(22)21-7-3-5-9-23(21)24/h2-9,19,24H,10-18H2,1H3,(H,28,34)(H,32,33). The molecule has 1 heterocycles. The number of hydrogen-bond donors (Lipinski definition) is 2. The third-order valence-corrected chi connectivity index (χ3v) is 6.87. The van der Waals surface area contributed by atoms with E-state index in [1.807, 2.05) is 36.1 Å². The van der Waals surface area contributed by atoms with E-state index in [1.54, 1.807) is 0 Å². The van der Waals surface area contributed by atoms with Crippen LogP contribution in [-0.4, -0.2) is 78.2 Å². The van der Waals surface area contributed by atoms with Gasteiger partial charge >= 0.3 is 12.1 Å². The third-order valence-electron chi connectivity index (χ3n) is 6.87. The van der Waals surface area contributed by atoms with Crippen molar-refractivity contribution >= 4 is 18.0 Å². The van der Waals surface area contributed by atoms with Gasteiger partial charge in [-0.25, -0.2) is 4.79 Å². The smallest absolute Gasteiger partial charge is 0.407 e. The lowest BCUT2D eigenvalue weighted by molar-refractivity contribution is -0.138. The Morgan fingerprint density at radius 2 is 1.57 bits per heavy atom. The molecule has 4 rings (SSSR count). The molecule has 1 atom stereocenters. The van der Waals surface area contributed by atoms with Gasteiger partial charge in [0.25, 0.3) is 0 Å². The van der Waals surface area contributed by atoms with Crippen LogP contribution in [0.3, 0.4) is 0 Å². The Kier molecular flexibility index (Phi) is 8.02. The maximum Gasteiger partial charge on any atom is 0.407 e. The Balaban J connectivity index is 1.19. The number of carboxylic acids is 1. The molecule has 2 aliphatic rings. The molecule has 2 aromatic carbocycles. The molecular formula is C27H33N3O5. The Morgan fingerprint density at radius 1 is 0.971 bits per heavy atom. The highest BCUT2D eigenvalue weighted by Gasteiger charge is 2.29. The van der Waals surface area contributed by atoms with Gasteiger partial charge in [-0.3, -0.25) is 14.5 Å². The number of benzene rings is 2. The van der Waals surface area contributed by atoms with Gasteiger partial charge in [0.05, 0.1) is 6.42 Å². The number of aliphatic carboxylic acids is 1. The molecule has 2 aromatic rings. The maximum atomic E-state index is 12.6. The predicted octanol–water partition coefficient (Wildman–Crippen LogP) is 3.31. The molecule has 0 aromatic heterocycles. The van der Waals surface area contributed by atoms with Gasteiger partial charge in [0.15, 0.2) is 0 Å². The zero-order valence-electron chi connectivity index (χ0n) is 20.1. The second-order valence-corrected chi connectivity index (χ2v) is 9.28. The van der Waals surface area contributed by atoms with Gasteiger partial charge in [-0.2, -0.15) is 0 Å². The number of rotatable bonds is 9. The first kappa shape index (κ1) is 24.7. The number of nitrogens with zero attached hydrogens (tertiary/aromatic N) is 2. The number of alkyl carbamates (subject to hydrolysis) is 1. The molecule has 8 nitrogen and oxygen atoms in total. The van der Waals surface area contributed by atoms with E-state index in [4.69, 9.17) is 9.84 Å². The highest BCUT2D eigenvalue weighted by Crippen LogP contribution is 2.44. The molecule has 186 valence electrons. The minimum atomic E-state index is -0.804. The number of ether oxygens (including phenoxy) is 1. The van der Waals surface area contributed by atoms with Crippen molar-refractivity contribution in [2.24, 2.45) is 0 Å². The Bertz CT molecular complexity index is 1020. The van der Waals surface area contributed by atoms with Gasteiger partial charge in [-0.05, 0) is 35.6 Å². The number of fused-ring (bicyclic) bond motifs is 3. The molecule has 35 heavy (non-hydrogen) atoms. The number of carbonyl (C=O) groups excluding carboxylic acids is 2. The highest BCUT2D eigenvalue weighted by atomic mass is 16.5. The molecule has 0 spiro atoms. The fraction of sp³-hybridized carbons (Fsp3) is 0.444. The van der Waals surface area contributed by atoms with Gasteiger partial charge in [-0.15, -0.1) is 0 Å². The summed E-state index contributed by atoms with van der Waals surface area (Å²) < 4.78 is 5.59. The van der Waals surface area contributed by atoms with Crippen LogP contribution in [0.2, 0.25) is 0 Å². The summed E-state index contributed by atoms with van der Waals surface area (Å²) in [7, 11) is 0. The summed E-state index contributed by atoms with van der Waals surface area (Å²) in [5, 5.41) is 11.7. The Hall–Kier alpha value is -3.39. The van der Waals surface area contributed by atoms with Crippen LogP contribution in [0.5, 0.6) is 0 Å². The summed E-state index contributed by atoms with van der Waals surface area (Å²) in [6.45, 7) is 5.23. The fourth-order valence-electron chi connectivity index (χ4n) is 4.89. The Morgan fingerprint density at radius 3 is 2.17 bits per heavy atom. The maximum absolute atomic E-state index is 12.6. The van der Waals surface area contributed by atoms with Crippen molar-refractivity contribution in [1.29, 1.82) is 0 Å². The fourth-order valence-corrected chi connectivity index (χ4v) is 4.89. The number of carbonyl (C=O) groups is 3. The lowest BCUT2D eigenvalue weighted by atomic mass is 9.98. The quantitative estimate of drug-likeness (QED) is 0.573. The highest BCUT2D eigenvalue weighted by molar-refractivity contribution is 5.79. The largest absolute Gasteiger partial charge is 0.481 e. The summed E-state index contributed by atoms with van der Waals surface area (Å²) in [5.41, 5.74) is 4.71. The van der Waals surface area contributed by atoms with E-state index in [2.05, 4.69) is 34.5 Å². The van der Waals surface area contributed by atoms with Crippen LogP contribution in [0, 0.1) is 0 Å². The van der Waals surface area contributed by atoms with Crippen LogP contribution in [0.15, 0.2) is 48.5 Å². The number of amides is 2. The van der Waals surface area contributed by atoms with E-state index in [9.17, 15) is 14.4 Å². The van der Waals surface area contributed by atoms with Crippen molar-refractivity contribution in [3.05, 3.63) is 59.7 Å². The molecule has 1 aliphatic heterocycles. The second kappa shape index (κ2) is 11.4. The van der Waals surface area contributed by atoms with E-state index < -0.39 is 12.1 Å². The Labute approximate surface area is 205 Å². The van der Waals surface area contributed by atoms with Crippen LogP contribution >= 0.6 is 0 Å². The average molecular weight is 480 g/mol. The monoisotopic (exact) mass is 479 g/mol. The topological polar surface area (TPSA) is 99.2 Å². The third kappa shape index (κ3) is 6.19. The van der Waals surface area contributed by atoms with Crippen molar-refractivity contribution in [3.8, 4) is 11.1 Å². The molecule has 1 fully saturated rings. The lowest BCUT2D eigenvalue weighted by Gasteiger charge is -2.34. The van der Waals surface area contributed by atoms with Crippen molar-refractivity contribution in [2.75, 3.05) is 39.3 Å². The normalized spacial score (nSPS) is 16.3. The molecule has 0 radical (unpaired) electrons. The molecule has 8 heteroatoms. The number of piperazine rings is 1. The van der Waals surface area contributed by atoms with Crippen LogP contribution in [0.4, 0.5) is 4.79 Å². The van der Waals surface area contributed by atoms with Crippen LogP contribution in [0.1, 0.15) is 43.2 Å². The summed E-state index contributed by atoms with van der Waals surface area (Å²) in [6, 6.07) is 16.2. The number of nitrogens with one attached hydrogen (secondary N) is 1. The summed E-state index contributed by atoms with van der Waals surface area (Å²) in [6.07, 6.45) is 0.522. The van der Waals surface area contributed by atoms with Crippen molar-refractivity contribution in [3.63, 3.8) is 0 Å². The van der Waals surface area contributed by atoms with Gasteiger partial charge in [0.2, 0.25) is 5.91 Å².